The summed E-state index contributed by atoms with van der Waals surface area (Å²) in [4.78, 5) is 20.5. The molecule has 0 spiro atoms. The number of pyridine rings is 1. The van der Waals surface area contributed by atoms with E-state index in [-0.39, 0.29) is 16.7 Å². The highest BCUT2D eigenvalue weighted by Crippen LogP contribution is 2.27. The summed E-state index contributed by atoms with van der Waals surface area (Å²) in [5, 5.41) is 14.1. The fourth-order valence-corrected chi connectivity index (χ4v) is 2.39. The number of aromatic nitrogens is 2. The van der Waals surface area contributed by atoms with E-state index >= 15 is 0 Å². The Balaban J connectivity index is 2.29. The van der Waals surface area contributed by atoms with E-state index in [0.29, 0.717) is 6.54 Å². The molecule has 19 heavy (non-hydrogen) atoms. The van der Waals surface area contributed by atoms with Gasteiger partial charge in [0, 0.05) is 18.5 Å². The number of hydrogen-bond acceptors (Lipinski definition) is 6. The Morgan fingerprint density at radius 3 is 2.79 bits per heavy atom. The van der Waals surface area contributed by atoms with Gasteiger partial charge in [0.1, 0.15) is 5.15 Å². The second-order valence-corrected chi connectivity index (χ2v) is 5.40. The topological polar surface area (TPSA) is 72.2 Å². The largest absolute Gasteiger partial charge is 0.348 e. The Hall–Kier alpha value is -1.73. The zero-order valence-electron chi connectivity index (χ0n) is 10.3. The lowest BCUT2D eigenvalue weighted by Gasteiger charge is -2.16. The smallest absolute Gasteiger partial charge is 0.311 e. The first-order valence-corrected chi connectivity index (χ1v) is 6.66. The summed E-state index contributed by atoms with van der Waals surface area (Å²) in [5.41, 5.74) is 0.778. The van der Waals surface area contributed by atoms with Gasteiger partial charge in [-0.2, -0.15) is 0 Å². The highest BCUT2D eigenvalue weighted by atomic mass is 35.5. The monoisotopic (exact) mass is 298 g/mol. The first-order valence-electron chi connectivity index (χ1n) is 5.40. The van der Waals surface area contributed by atoms with Crippen LogP contribution in [-0.2, 0) is 6.54 Å². The van der Waals surface area contributed by atoms with Gasteiger partial charge in [0.15, 0.2) is 0 Å². The standard InChI is InChI=1S/C11H11ClN4O2S/c1-7-13-8(6-19-7)5-15(2)11-9(16(17)18)3-4-10(12)14-11/h3-4,6H,5H2,1-2H3. The molecule has 6 nitrogen and oxygen atoms in total. The maximum atomic E-state index is 11.0. The predicted molar refractivity (Wildman–Crippen MR) is 74.9 cm³/mol. The zero-order chi connectivity index (χ0) is 14.0. The minimum absolute atomic E-state index is 0.0705. The summed E-state index contributed by atoms with van der Waals surface area (Å²) >= 11 is 7.34. The van der Waals surface area contributed by atoms with Crippen LogP contribution in [0.2, 0.25) is 5.15 Å². The van der Waals surface area contributed by atoms with Crippen molar-refractivity contribution in [3.8, 4) is 0 Å². The van der Waals surface area contributed by atoms with Crippen LogP contribution in [0.25, 0.3) is 0 Å². The predicted octanol–water partition coefficient (Wildman–Crippen LogP) is 3.04. The fourth-order valence-electron chi connectivity index (χ4n) is 1.64. The second kappa shape index (κ2) is 5.50. The SMILES string of the molecule is Cc1nc(CN(C)c2nc(Cl)ccc2[N+](=O)[O-])cs1. The average molecular weight is 299 g/mol. The molecule has 0 fully saturated rings. The number of nitro groups is 1. The van der Waals surface area contributed by atoms with Crippen molar-refractivity contribution in [2.75, 3.05) is 11.9 Å². The minimum atomic E-state index is -0.471. The van der Waals surface area contributed by atoms with E-state index in [2.05, 4.69) is 9.97 Å². The molecule has 100 valence electrons. The molecule has 0 saturated carbocycles. The van der Waals surface area contributed by atoms with Crippen LogP contribution in [0.1, 0.15) is 10.7 Å². The third-order valence-corrected chi connectivity index (χ3v) is 3.48. The Morgan fingerprint density at radius 1 is 1.47 bits per heavy atom. The van der Waals surface area contributed by atoms with Crippen molar-refractivity contribution in [2.24, 2.45) is 0 Å². The molecule has 0 aliphatic carbocycles. The number of hydrogen-bond donors (Lipinski definition) is 0. The molecule has 0 aliphatic rings. The van der Waals surface area contributed by atoms with E-state index < -0.39 is 4.92 Å². The molecular weight excluding hydrogens is 288 g/mol. The van der Waals surface area contributed by atoms with Crippen molar-refractivity contribution in [3.05, 3.63) is 43.5 Å². The Kier molecular flexibility index (Phi) is 3.96. The highest BCUT2D eigenvalue weighted by molar-refractivity contribution is 7.09. The van der Waals surface area contributed by atoms with Gasteiger partial charge in [-0.3, -0.25) is 10.1 Å². The van der Waals surface area contributed by atoms with E-state index in [9.17, 15) is 10.1 Å². The molecule has 0 saturated heterocycles. The van der Waals surface area contributed by atoms with E-state index in [0.717, 1.165) is 10.7 Å². The minimum Gasteiger partial charge on any atom is -0.348 e. The van der Waals surface area contributed by atoms with E-state index in [1.165, 1.54) is 23.5 Å². The number of aryl methyl sites for hydroxylation is 1. The maximum Gasteiger partial charge on any atom is 0.311 e. The maximum absolute atomic E-state index is 11.0. The molecule has 2 rings (SSSR count). The van der Waals surface area contributed by atoms with Crippen molar-refractivity contribution in [1.29, 1.82) is 0 Å². The molecule has 2 aromatic rings. The molecule has 0 atom stereocenters. The van der Waals surface area contributed by atoms with Crippen LogP contribution >= 0.6 is 22.9 Å². The normalized spacial score (nSPS) is 10.5. The number of anilines is 1. The molecule has 8 heteroatoms. The summed E-state index contributed by atoms with van der Waals surface area (Å²) < 4.78 is 0. The molecule has 0 N–H and O–H groups in total. The Bertz CT molecular complexity index is 616. The van der Waals surface area contributed by atoms with Crippen molar-refractivity contribution in [2.45, 2.75) is 13.5 Å². The lowest BCUT2D eigenvalue weighted by atomic mass is 10.3. The van der Waals surface area contributed by atoms with Crippen LogP contribution in [0.5, 0.6) is 0 Å². The van der Waals surface area contributed by atoms with Crippen molar-refractivity contribution in [1.82, 2.24) is 9.97 Å². The van der Waals surface area contributed by atoms with Gasteiger partial charge in [-0.25, -0.2) is 9.97 Å². The lowest BCUT2D eigenvalue weighted by Crippen LogP contribution is -2.19. The molecule has 2 heterocycles. The number of nitrogens with zero attached hydrogens (tertiary/aromatic N) is 4. The van der Waals surface area contributed by atoms with Crippen LogP contribution < -0.4 is 4.90 Å². The summed E-state index contributed by atoms with van der Waals surface area (Å²) in [6.45, 7) is 2.35. The van der Waals surface area contributed by atoms with E-state index in [1.54, 1.807) is 11.9 Å². The summed E-state index contributed by atoms with van der Waals surface area (Å²) in [7, 11) is 1.72. The molecule has 0 radical (unpaired) electrons. The van der Waals surface area contributed by atoms with Crippen LogP contribution in [0, 0.1) is 17.0 Å². The second-order valence-electron chi connectivity index (χ2n) is 3.95. The Morgan fingerprint density at radius 2 is 2.21 bits per heavy atom. The number of rotatable bonds is 4. The van der Waals surface area contributed by atoms with Gasteiger partial charge in [0.25, 0.3) is 0 Å². The van der Waals surface area contributed by atoms with E-state index in [1.807, 2.05) is 12.3 Å². The van der Waals surface area contributed by atoms with Gasteiger partial charge in [-0.1, -0.05) is 11.6 Å². The first kappa shape index (κ1) is 13.7. The number of halogens is 1. The zero-order valence-corrected chi connectivity index (χ0v) is 11.9. The summed E-state index contributed by atoms with van der Waals surface area (Å²) in [6, 6.07) is 2.76. The van der Waals surface area contributed by atoms with Crippen LogP contribution in [0.4, 0.5) is 11.5 Å². The van der Waals surface area contributed by atoms with Gasteiger partial charge in [0.05, 0.1) is 22.2 Å². The molecule has 0 amide bonds. The van der Waals surface area contributed by atoms with Crippen molar-refractivity contribution >= 4 is 34.4 Å². The highest BCUT2D eigenvalue weighted by Gasteiger charge is 2.20. The lowest BCUT2D eigenvalue weighted by molar-refractivity contribution is -0.384. The Labute approximate surface area is 118 Å². The molecule has 0 aromatic carbocycles. The van der Waals surface area contributed by atoms with Gasteiger partial charge >= 0.3 is 5.69 Å². The molecule has 0 bridgehead atoms. The molecule has 2 aromatic heterocycles. The van der Waals surface area contributed by atoms with Gasteiger partial charge in [0.2, 0.25) is 5.82 Å². The third kappa shape index (κ3) is 3.18. The summed E-state index contributed by atoms with van der Waals surface area (Å²) in [6.07, 6.45) is 0. The number of thiazole rings is 1. The third-order valence-electron chi connectivity index (χ3n) is 2.44. The van der Waals surface area contributed by atoms with Crippen molar-refractivity contribution < 1.29 is 4.92 Å². The van der Waals surface area contributed by atoms with Crippen LogP contribution in [0.3, 0.4) is 0 Å². The quantitative estimate of drug-likeness (QED) is 0.493. The first-order chi connectivity index (χ1) is 8.97. The van der Waals surface area contributed by atoms with Gasteiger partial charge in [-0.15, -0.1) is 11.3 Å². The molecular formula is C11H11ClN4O2S. The average Bonchev–Trinajstić information content (AvgIpc) is 2.74. The fraction of sp³-hybridized carbons (Fsp3) is 0.273. The van der Waals surface area contributed by atoms with Gasteiger partial charge < -0.3 is 4.90 Å². The van der Waals surface area contributed by atoms with Crippen LogP contribution in [0.15, 0.2) is 17.5 Å². The van der Waals surface area contributed by atoms with Gasteiger partial charge in [-0.05, 0) is 13.0 Å². The summed E-state index contributed by atoms with van der Waals surface area (Å²) in [5.74, 6) is 0.239. The molecule has 0 unspecified atom stereocenters. The molecule has 0 aliphatic heterocycles. The van der Waals surface area contributed by atoms with Crippen LogP contribution in [-0.4, -0.2) is 21.9 Å². The van der Waals surface area contributed by atoms with Crippen molar-refractivity contribution in [3.63, 3.8) is 0 Å². The van der Waals surface area contributed by atoms with E-state index in [4.69, 9.17) is 11.6 Å².